The van der Waals surface area contributed by atoms with Gasteiger partial charge in [0, 0.05) is 12.1 Å². The van der Waals surface area contributed by atoms with Crippen LogP contribution >= 0.6 is 0 Å². The zero-order valence-electron chi connectivity index (χ0n) is 14.7. The maximum absolute atomic E-state index is 12.3. The molecule has 0 fully saturated rings. The average Bonchev–Trinajstić information content (AvgIpc) is 2.66. The monoisotopic (exact) mass is 386 g/mol. The molecular formula is C21H17F3N2O2. The van der Waals surface area contributed by atoms with Crippen molar-refractivity contribution in [2.75, 3.05) is 5.32 Å². The van der Waals surface area contributed by atoms with Crippen molar-refractivity contribution in [1.82, 2.24) is 5.32 Å². The molecule has 3 aromatic carbocycles. The lowest BCUT2D eigenvalue weighted by Crippen LogP contribution is -2.28. The zero-order valence-corrected chi connectivity index (χ0v) is 14.7. The van der Waals surface area contributed by atoms with E-state index in [-0.39, 0.29) is 12.3 Å². The fourth-order valence-corrected chi connectivity index (χ4v) is 2.66. The number of carbonyl (C=O) groups is 1. The zero-order chi connectivity index (χ0) is 20.0. The van der Waals surface area contributed by atoms with Crippen LogP contribution in [0.2, 0.25) is 0 Å². The summed E-state index contributed by atoms with van der Waals surface area (Å²) >= 11 is 0. The summed E-state index contributed by atoms with van der Waals surface area (Å²) < 4.78 is 40.8. The molecule has 0 aliphatic carbocycles. The van der Waals surface area contributed by atoms with Gasteiger partial charge in [-0.15, -0.1) is 13.2 Å². The number of halogens is 3. The summed E-state index contributed by atoms with van der Waals surface area (Å²) in [5.41, 5.74) is 2.92. The van der Waals surface area contributed by atoms with E-state index in [0.717, 1.165) is 11.1 Å². The van der Waals surface area contributed by atoms with E-state index < -0.39 is 12.4 Å². The van der Waals surface area contributed by atoms with E-state index in [0.29, 0.717) is 11.3 Å². The van der Waals surface area contributed by atoms with Crippen molar-refractivity contribution in [2.24, 2.45) is 0 Å². The molecule has 2 N–H and O–H groups in total. The molecule has 0 heterocycles. The minimum atomic E-state index is -4.76. The van der Waals surface area contributed by atoms with E-state index in [9.17, 15) is 18.0 Å². The summed E-state index contributed by atoms with van der Waals surface area (Å²) in [4.78, 5) is 12.2. The Balaban J connectivity index is 1.64. The second kappa shape index (κ2) is 8.47. The van der Waals surface area contributed by atoms with Gasteiger partial charge in [-0.25, -0.2) is 4.79 Å². The van der Waals surface area contributed by atoms with Gasteiger partial charge < -0.3 is 15.4 Å². The van der Waals surface area contributed by atoms with Gasteiger partial charge >= 0.3 is 12.4 Å². The minimum absolute atomic E-state index is 0.0500. The number of amides is 2. The highest BCUT2D eigenvalue weighted by atomic mass is 19.4. The molecule has 144 valence electrons. The van der Waals surface area contributed by atoms with E-state index in [1.807, 2.05) is 42.5 Å². The standard InChI is InChI=1S/C21H17F3N2O2/c22-21(23,24)28-17-10-6-7-15(13-17)14-25-20(27)26-19-12-5-4-11-18(19)16-8-2-1-3-9-16/h1-13H,14H2,(H2,25,26,27). The first kappa shape index (κ1) is 19.3. The number of urea groups is 1. The Labute approximate surface area is 160 Å². The number of anilines is 1. The molecule has 0 aliphatic heterocycles. The SMILES string of the molecule is O=C(NCc1cccc(OC(F)(F)F)c1)Nc1ccccc1-c1ccccc1. The first-order valence-corrected chi connectivity index (χ1v) is 8.45. The van der Waals surface area contributed by atoms with Crippen LogP contribution in [0.5, 0.6) is 5.75 Å². The summed E-state index contributed by atoms with van der Waals surface area (Å²) in [7, 11) is 0. The van der Waals surface area contributed by atoms with Gasteiger partial charge in [0.1, 0.15) is 5.75 Å². The van der Waals surface area contributed by atoms with Crippen LogP contribution in [0.4, 0.5) is 23.7 Å². The second-order valence-electron chi connectivity index (χ2n) is 5.91. The molecule has 0 atom stereocenters. The lowest BCUT2D eigenvalue weighted by atomic mass is 10.0. The number of alkyl halides is 3. The number of carbonyl (C=O) groups excluding carboxylic acids is 1. The smallest absolute Gasteiger partial charge is 0.406 e. The van der Waals surface area contributed by atoms with Crippen LogP contribution < -0.4 is 15.4 Å². The Hall–Kier alpha value is -3.48. The van der Waals surface area contributed by atoms with Crippen LogP contribution in [0.3, 0.4) is 0 Å². The van der Waals surface area contributed by atoms with Crippen molar-refractivity contribution >= 4 is 11.7 Å². The number of benzene rings is 3. The predicted octanol–water partition coefficient (Wildman–Crippen LogP) is 5.57. The van der Waals surface area contributed by atoms with Crippen LogP contribution in [-0.4, -0.2) is 12.4 Å². The van der Waals surface area contributed by atoms with Crippen molar-refractivity contribution < 1.29 is 22.7 Å². The first-order valence-electron chi connectivity index (χ1n) is 8.45. The van der Waals surface area contributed by atoms with Gasteiger partial charge in [-0.3, -0.25) is 0 Å². The van der Waals surface area contributed by atoms with Crippen LogP contribution in [0.15, 0.2) is 78.9 Å². The number of ether oxygens (including phenoxy) is 1. The molecule has 0 saturated carbocycles. The quantitative estimate of drug-likeness (QED) is 0.602. The van der Waals surface area contributed by atoms with Gasteiger partial charge in [-0.2, -0.15) is 0 Å². The molecule has 4 nitrogen and oxygen atoms in total. The Morgan fingerprint density at radius 2 is 1.61 bits per heavy atom. The van der Waals surface area contributed by atoms with Gasteiger partial charge in [-0.05, 0) is 29.3 Å². The van der Waals surface area contributed by atoms with E-state index in [2.05, 4.69) is 15.4 Å². The number of rotatable bonds is 5. The molecule has 0 saturated heterocycles. The molecule has 0 aliphatic rings. The average molecular weight is 386 g/mol. The van der Waals surface area contributed by atoms with Crippen LogP contribution in [-0.2, 0) is 6.54 Å². The molecule has 3 aromatic rings. The van der Waals surface area contributed by atoms with E-state index in [1.54, 1.807) is 18.2 Å². The predicted molar refractivity (Wildman–Crippen MR) is 101 cm³/mol. The van der Waals surface area contributed by atoms with Crippen LogP contribution in [0.25, 0.3) is 11.1 Å². The minimum Gasteiger partial charge on any atom is -0.406 e. The lowest BCUT2D eigenvalue weighted by molar-refractivity contribution is -0.274. The van der Waals surface area contributed by atoms with Crippen molar-refractivity contribution in [2.45, 2.75) is 12.9 Å². The maximum atomic E-state index is 12.3. The third-order valence-corrected chi connectivity index (χ3v) is 3.85. The molecular weight excluding hydrogens is 369 g/mol. The fourth-order valence-electron chi connectivity index (χ4n) is 2.66. The summed E-state index contributed by atoms with van der Waals surface area (Å²) in [5.74, 6) is -0.332. The first-order chi connectivity index (χ1) is 13.4. The van der Waals surface area contributed by atoms with Gasteiger partial charge in [0.2, 0.25) is 0 Å². The van der Waals surface area contributed by atoms with Gasteiger partial charge in [0.25, 0.3) is 0 Å². The Morgan fingerprint density at radius 3 is 2.36 bits per heavy atom. The summed E-state index contributed by atoms with van der Waals surface area (Å²) in [6.45, 7) is 0.0500. The summed E-state index contributed by atoms with van der Waals surface area (Å²) in [6, 6.07) is 21.9. The van der Waals surface area contributed by atoms with E-state index in [4.69, 9.17) is 0 Å². The molecule has 2 amide bonds. The lowest BCUT2D eigenvalue weighted by Gasteiger charge is -2.13. The highest BCUT2D eigenvalue weighted by Gasteiger charge is 2.31. The number of hydrogen-bond donors (Lipinski definition) is 2. The topological polar surface area (TPSA) is 50.4 Å². The van der Waals surface area contributed by atoms with Gasteiger partial charge in [0.15, 0.2) is 0 Å². The molecule has 0 bridgehead atoms. The Kier molecular flexibility index (Phi) is 5.84. The summed E-state index contributed by atoms with van der Waals surface area (Å²) in [6.07, 6.45) is -4.76. The van der Waals surface area contributed by atoms with Gasteiger partial charge in [0.05, 0.1) is 5.69 Å². The van der Waals surface area contributed by atoms with E-state index >= 15 is 0 Å². The van der Waals surface area contributed by atoms with Gasteiger partial charge in [-0.1, -0.05) is 60.7 Å². The van der Waals surface area contributed by atoms with E-state index in [1.165, 1.54) is 18.2 Å². The Bertz CT molecular complexity index is 944. The number of nitrogens with one attached hydrogen (secondary N) is 2. The molecule has 3 rings (SSSR count). The van der Waals surface area contributed by atoms with Crippen LogP contribution in [0.1, 0.15) is 5.56 Å². The third-order valence-electron chi connectivity index (χ3n) is 3.85. The number of hydrogen-bond acceptors (Lipinski definition) is 2. The maximum Gasteiger partial charge on any atom is 0.573 e. The second-order valence-corrected chi connectivity index (χ2v) is 5.91. The van der Waals surface area contributed by atoms with Crippen molar-refractivity contribution in [1.29, 1.82) is 0 Å². The third kappa shape index (κ3) is 5.51. The van der Waals surface area contributed by atoms with Crippen molar-refractivity contribution in [3.8, 4) is 16.9 Å². The number of para-hydroxylation sites is 1. The molecule has 28 heavy (non-hydrogen) atoms. The van der Waals surface area contributed by atoms with Crippen molar-refractivity contribution in [3.05, 3.63) is 84.4 Å². The molecule has 0 spiro atoms. The highest BCUT2D eigenvalue weighted by molar-refractivity contribution is 5.94. The Morgan fingerprint density at radius 1 is 0.893 bits per heavy atom. The molecule has 0 aromatic heterocycles. The summed E-state index contributed by atoms with van der Waals surface area (Å²) in [5, 5.41) is 5.40. The highest BCUT2D eigenvalue weighted by Crippen LogP contribution is 2.27. The van der Waals surface area contributed by atoms with Crippen molar-refractivity contribution in [3.63, 3.8) is 0 Å². The normalized spacial score (nSPS) is 11.0. The molecule has 0 unspecified atom stereocenters. The molecule has 7 heteroatoms. The van der Waals surface area contributed by atoms with Crippen LogP contribution in [0, 0.1) is 0 Å². The fraction of sp³-hybridized carbons (Fsp3) is 0.0952. The molecule has 0 radical (unpaired) electrons. The largest absolute Gasteiger partial charge is 0.573 e.